The van der Waals surface area contributed by atoms with Crippen LogP contribution in [0.2, 0.25) is 0 Å². The molecule has 0 saturated carbocycles. The van der Waals surface area contributed by atoms with Gasteiger partial charge in [0.2, 0.25) is 0 Å². The molecule has 2 heteroatoms. The second-order valence-electron chi connectivity index (χ2n) is 15.6. The number of aliphatic imine (C=N–C) groups is 1. The molecule has 0 bridgehead atoms. The van der Waals surface area contributed by atoms with Crippen LogP contribution in [0.25, 0.3) is 39.6 Å². The van der Waals surface area contributed by atoms with Gasteiger partial charge in [-0.15, -0.1) is 6.42 Å². The first-order chi connectivity index (χ1) is 28.3. The lowest BCUT2D eigenvalue weighted by molar-refractivity contribution is 0.577. The summed E-state index contributed by atoms with van der Waals surface area (Å²) in [6, 6.07) is 49.6. The molecule has 1 aliphatic rings. The van der Waals surface area contributed by atoms with Gasteiger partial charge in [-0.05, 0) is 113 Å². The molecule has 1 aromatic heterocycles. The molecular weight excluding hydrogens is 701 g/mol. The Kier molecular flexibility index (Phi) is 12.4. The summed E-state index contributed by atoms with van der Waals surface area (Å²) >= 11 is 0. The molecule has 0 aliphatic heterocycles. The Morgan fingerprint density at radius 2 is 1.45 bits per heavy atom. The fourth-order valence-electron chi connectivity index (χ4n) is 7.61. The second-order valence-corrected chi connectivity index (χ2v) is 15.6. The van der Waals surface area contributed by atoms with Gasteiger partial charge in [0.1, 0.15) is 0 Å². The van der Waals surface area contributed by atoms with Crippen molar-refractivity contribution in [3.8, 4) is 34.6 Å². The number of terminal acetylenes is 1. The molecular formula is C56H52N2. The van der Waals surface area contributed by atoms with Crippen LogP contribution >= 0.6 is 0 Å². The van der Waals surface area contributed by atoms with Crippen LogP contribution in [0.5, 0.6) is 0 Å². The summed E-state index contributed by atoms with van der Waals surface area (Å²) < 4.78 is 0. The Balaban J connectivity index is 1.12. The van der Waals surface area contributed by atoms with Crippen molar-refractivity contribution >= 4 is 23.1 Å². The van der Waals surface area contributed by atoms with E-state index in [1.807, 2.05) is 6.07 Å². The van der Waals surface area contributed by atoms with Crippen LogP contribution in [0.1, 0.15) is 92.2 Å². The maximum atomic E-state index is 6.04. The molecule has 7 rings (SSSR count). The van der Waals surface area contributed by atoms with Crippen molar-refractivity contribution in [2.45, 2.75) is 59.3 Å². The lowest BCUT2D eigenvalue weighted by Gasteiger charge is -2.27. The van der Waals surface area contributed by atoms with Crippen molar-refractivity contribution in [3.63, 3.8) is 0 Å². The summed E-state index contributed by atoms with van der Waals surface area (Å²) in [6.45, 7) is 11.0. The molecule has 2 atom stereocenters. The average Bonchev–Trinajstić information content (AvgIpc) is 3.27. The molecule has 0 N–H and O–H groups in total. The highest BCUT2D eigenvalue weighted by atomic mass is 14.8. The number of aromatic nitrogens is 1. The van der Waals surface area contributed by atoms with E-state index in [1.54, 1.807) is 0 Å². The quantitative estimate of drug-likeness (QED) is 0.0694. The monoisotopic (exact) mass is 752 g/mol. The van der Waals surface area contributed by atoms with E-state index >= 15 is 0 Å². The fraction of sp³-hybridized carbons (Fsp3) is 0.179. The van der Waals surface area contributed by atoms with Crippen molar-refractivity contribution in [2.75, 3.05) is 0 Å². The number of allylic oxidation sites excluding steroid dienone is 6. The van der Waals surface area contributed by atoms with E-state index in [1.165, 1.54) is 16.7 Å². The predicted octanol–water partition coefficient (Wildman–Crippen LogP) is 14.2. The lowest BCUT2D eigenvalue weighted by Crippen LogP contribution is -2.22. The Hall–Kier alpha value is -6.56. The van der Waals surface area contributed by atoms with Gasteiger partial charge < -0.3 is 0 Å². The van der Waals surface area contributed by atoms with Gasteiger partial charge in [-0.2, -0.15) is 0 Å². The third-order valence-corrected chi connectivity index (χ3v) is 11.4. The minimum Gasteiger partial charge on any atom is -0.257 e. The van der Waals surface area contributed by atoms with E-state index in [9.17, 15) is 0 Å². The largest absolute Gasteiger partial charge is 0.257 e. The predicted molar refractivity (Wildman–Crippen MR) is 249 cm³/mol. The highest BCUT2D eigenvalue weighted by Gasteiger charge is 2.26. The maximum absolute atomic E-state index is 6.04. The van der Waals surface area contributed by atoms with Gasteiger partial charge in [-0.1, -0.05) is 178 Å². The average molecular weight is 753 g/mol. The Bertz CT molecular complexity index is 2560. The van der Waals surface area contributed by atoms with Crippen LogP contribution < -0.4 is 0 Å². The highest BCUT2D eigenvalue weighted by molar-refractivity contribution is 6.05. The summed E-state index contributed by atoms with van der Waals surface area (Å²) in [6.07, 6.45) is 21.8. The third-order valence-electron chi connectivity index (χ3n) is 11.4. The van der Waals surface area contributed by atoms with Gasteiger partial charge in [0.25, 0.3) is 0 Å². The molecule has 5 aromatic carbocycles. The van der Waals surface area contributed by atoms with E-state index in [0.29, 0.717) is 5.92 Å². The van der Waals surface area contributed by atoms with Crippen LogP contribution in [-0.4, -0.2) is 10.7 Å². The molecule has 0 fully saturated rings. The number of nitrogens with zero attached hydrogens (tertiary/aromatic N) is 2. The van der Waals surface area contributed by atoms with Gasteiger partial charge >= 0.3 is 0 Å². The molecule has 286 valence electrons. The van der Waals surface area contributed by atoms with Crippen molar-refractivity contribution < 1.29 is 0 Å². The molecule has 1 aliphatic carbocycles. The van der Waals surface area contributed by atoms with Crippen molar-refractivity contribution in [2.24, 2.45) is 10.9 Å². The highest BCUT2D eigenvalue weighted by Crippen LogP contribution is 2.35. The van der Waals surface area contributed by atoms with E-state index in [0.717, 1.165) is 86.6 Å². The van der Waals surface area contributed by atoms with E-state index in [4.69, 9.17) is 16.4 Å². The SMILES string of the molecule is C#Cc1ccc(-c2ccc(C(=N/C(=C/C)c3ccccc3)C(C)CC)cc2)cc1/C=C(\C)c1ccc(Cc2cc(-c3ccccc3)cc(C3(C)C=CC=CC3)n2)cc1. The Morgan fingerprint density at radius 3 is 2.10 bits per heavy atom. The zero-order chi connectivity index (χ0) is 40.5. The second kappa shape index (κ2) is 18.1. The summed E-state index contributed by atoms with van der Waals surface area (Å²) in [7, 11) is 0. The zero-order valence-electron chi connectivity index (χ0n) is 34.4. The first-order valence-corrected chi connectivity index (χ1v) is 20.5. The molecule has 6 aromatic rings. The number of benzene rings is 5. The molecule has 2 unspecified atom stereocenters. The molecule has 0 radical (unpaired) electrons. The summed E-state index contributed by atoms with van der Waals surface area (Å²) in [5, 5.41) is 0. The van der Waals surface area contributed by atoms with E-state index in [2.05, 4.69) is 210 Å². The molecule has 2 nitrogen and oxygen atoms in total. The van der Waals surface area contributed by atoms with Gasteiger partial charge in [0.05, 0.1) is 17.1 Å². The van der Waals surface area contributed by atoms with Crippen LogP contribution in [-0.2, 0) is 11.8 Å². The minimum atomic E-state index is -0.136. The fourth-order valence-corrected chi connectivity index (χ4v) is 7.61. The van der Waals surface area contributed by atoms with Crippen LogP contribution in [0.3, 0.4) is 0 Å². The Morgan fingerprint density at radius 1 is 0.776 bits per heavy atom. The van der Waals surface area contributed by atoms with E-state index < -0.39 is 0 Å². The summed E-state index contributed by atoms with van der Waals surface area (Å²) in [4.78, 5) is 10.5. The van der Waals surface area contributed by atoms with Gasteiger partial charge in [-0.3, -0.25) is 9.98 Å². The molecule has 0 amide bonds. The maximum Gasteiger partial charge on any atom is 0.0663 e. The van der Waals surface area contributed by atoms with Crippen LogP contribution in [0.15, 0.2) is 175 Å². The normalized spacial score (nSPS) is 16.2. The molecule has 1 heterocycles. The van der Waals surface area contributed by atoms with Gasteiger partial charge in [-0.25, -0.2) is 0 Å². The van der Waals surface area contributed by atoms with E-state index in [-0.39, 0.29) is 5.41 Å². The van der Waals surface area contributed by atoms with Gasteiger partial charge in [0.15, 0.2) is 0 Å². The minimum absolute atomic E-state index is 0.136. The van der Waals surface area contributed by atoms with Crippen molar-refractivity contribution in [3.05, 3.63) is 215 Å². The first-order valence-electron chi connectivity index (χ1n) is 20.5. The molecule has 58 heavy (non-hydrogen) atoms. The number of pyridine rings is 1. The summed E-state index contributed by atoms with van der Waals surface area (Å²) in [5.74, 6) is 3.23. The standard InChI is InChI=1S/C56H52N2/c1-7-40(4)55(58-53(9-3)47-21-15-11-16-22-47)48-30-28-46(29-31-48)49-32-27-43(8-2)50(37-49)35-41(5)44-25-23-42(24-26-44)36-52-38-51(45-19-13-10-14-20-45)39-54(57-52)56(6)33-17-12-18-34-56/h2,9-33,35,37-40H,7,34,36H2,1,3-6H3/b41-35+,53-9+,58-55?. The van der Waals surface area contributed by atoms with Crippen LogP contribution in [0, 0.1) is 18.3 Å². The van der Waals surface area contributed by atoms with Crippen molar-refractivity contribution in [1.29, 1.82) is 0 Å². The molecule has 0 saturated heterocycles. The first kappa shape index (κ1) is 39.7. The number of rotatable bonds is 12. The Labute approximate surface area is 346 Å². The smallest absolute Gasteiger partial charge is 0.0663 e. The number of hydrogen-bond acceptors (Lipinski definition) is 2. The molecule has 0 spiro atoms. The van der Waals surface area contributed by atoms with Crippen molar-refractivity contribution in [1.82, 2.24) is 4.98 Å². The van der Waals surface area contributed by atoms with Gasteiger partial charge in [0, 0.05) is 23.1 Å². The third kappa shape index (κ3) is 9.18. The topological polar surface area (TPSA) is 25.2 Å². The lowest BCUT2D eigenvalue weighted by atomic mass is 9.79. The summed E-state index contributed by atoms with van der Waals surface area (Å²) in [5.41, 5.74) is 16.5. The number of hydrogen-bond donors (Lipinski definition) is 0. The van der Waals surface area contributed by atoms with Crippen LogP contribution in [0.4, 0.5) is 0 Å². The zero-order valence-corrected chi connectivity index (χ0v) is 34.4.